The maximum atomic E-state index is 5.61. The number of ether oxygens (including phenoxy) is 2. The fraction of sp³-hybridized carbons (Fsp3) is 0.364. The third-order valence-electron chi connectivity index (χ3n) is 4.74. The van der Waals surface area contributed by atoms with E-state index in [0.29, 0.717) is 12.5 Å². The van der Waals surface area contributed by atoms with Crippen molar-refractivity contribution in [3.05, 3.63) is 54.1 Å². The number of nitrogens with one attached hydrogen (secondary N) is 1. The highest BCUT2D eigenvalue weighted by atomic mass is 16.5. The number of hydrogen-bond acceptors (Lipinski definition) is 4. The zero-order valence-corrected chi connectivity index (χ0v) is 15.3. The van der Waals surface area contributed by atoms with E-state index in [0.717, 1.165) is 43.2 Å². The molecule has 1 aliphatic rings. The van der Waals surface area contributed by atoms with E-state index in [9.17, 15) is 0 Å². The van der Waals surface area contributed by atoms with Crippen LogP contribution in [0, 0.1) is 18.3 Å². The highest BCUT2D eigenvalue weighted by Crippen LogP contribution is 2.31. The first-order chi connectivity index (χ1) is 12.8. The molecule has 1 fully saturated rings. The van der Waals surface area contributed by atoms with E-state index in [4.69, 9.17) is 15.9 Å². The maximum Gasteiger partial charge on any atom is 0.148 e. The predicted octanol–water partition coefficient (Wildman–Crippen LogP) is 3.32. The van der Waals surface area contributed by atoms with Crippen LogP contribution in [0.5, 0.6) is 11.5 Å². The number of methoxy groups -OCH3 is 1. The van der Waals surface area contributed by atoms with Crippen molar-refractivity contribution in [3.8, 4) is 23.8 Å². The lowest BCUT2D eigenvalue weighted by Gasteiger charge is -2.21. The molecular formula is C22H26N2O2. The van der Waals surface area contributed by atoms with Crippen molar-refractivity contribution in [2.75, 3.05) is 38.3 Å². The minimum absolute atomic E-state index is 0.299. The second-order valence-electron chi connectivity index (χ2n) is 6.50. The van der Waals surface area contributed by atoms with E-state index in [1.807, 2.05) is 30.3 Å². The van der Waals surface area contributed by atoms with Crippen LogP contribution in [0.1, 0.15) is 12.0 Å². The van der Waals surface area contributed by atoms with Gasteiger partial charge in [-0.25, -0.2) is 0 Å². The SMILES string of the molecule is C#CCOc1ccccc1CNCC1CCN(c2ccccc2OC)C1. The molecule has 1 heterocycles. The summed E-state index contributed by atoms with van der Waals surface area (Å²) in [6, 6.07) is 16.3. The zero-order chi connectivity index (χ0) is 18.2. The fourth-order valence-electron chi connectivity index (χ4n) is 3.43. The molecule has 1 N–H and O–H groups in total. The molecule has 2 aromatic rings. The van der Waals surface area contributed by atoms with Gasteiger partial charge in [-0.15, -0.1) is 6.42 Å². The van der Waals surface area contributed by atoms with Crippen LogP contribution in [-0.4, -0.2) is 33.4 Å². The van der Waals surface area contributed by atoms with Crippen LogP contribution in [0.3, 0.4) is 0 Å². The molecule has 136 valence electrons. The number of anilines is 1. The number of benzene rings is 2. The van der Waals surface area contributed by atoms with Gasteiger partial charge in [-0.05, 0) is 30.5 Å². The largest absolute Gasteiger partial charge is 0.495 e. The molecule has 0 saturated carbocycles. The fourth-order valence-corrected chi connectivity index (χ4v) is 3.43. The maximum absolute atomic E-state index is 5.61. The molecule has 3 rings (SSSR count). The average Bonchev–Trinajstić information content (AvgIpc) is 3.16. The Kier molecular flexibility index (Phi) is 6.40. The average molecular weight is 350 g/mol. The van der Waals surface area contributed by atoms with E-state index >= 15 is 0 Å². The second-order valence-corrected chi connectivity index (χ2v) is 6.50. The minimum atomic E-state index is 0.299. The van der Waals surface area contributed by atoms with Crippen LogP contribution in [0.2, 0.25) is 0 Å². The first-order valence-electron chi connectivity index (χ1n) is 9.04. The zero-order valence-electron chi connectivity index (χ0n) is 15.3. The van der Waals surface area contributed by atoms with Crippen molar-refractivity contribution in [2.45, 2.75) is 13.0 Å². The molecular weight excluding hydrogens is 324 g/mol. The van der Waals surface area contributed by atoms with Gasteiger partial charge in [0.1, 0.15) is 18.1 Å². The Labute approximate surface area is 156 Å². The molecule has 0 bridgehead atoms. The molecule has 1 atom stereocenters. The van der Waals surface area contributed by atoms with Crippen LogP contribution in [-0.2, 0) is 6.54 Å². The summed E-state index contributed by atoms with van der Waals surface area (Å²) < 4.78 is 11.1. The molecule has 0 spiro atoms. The Morgan fingerprint density at radius 2 is 1.92 bits per heavy atom. The van der Waals surface area contributed by atoms with Gasteiger partial charge in [0.2, 0.25) is 0 Å². The van der Waals surface area contributed by atoms with E-state index < -0.39 is 0 Å². The van der Waals surface area contributed by atoms with Crippen molar-refractivity contribution in [1.29, 1.82) is 0 Å². The van der Waals surface area contributed by atoms with Crippen LogP contribution in [0.25, 0.3) is 0 Å². The lowest BCUT2D eigenvalue weighted by Crippen LogP contribution is -2.26. The van der Waals surface area contributed by atoms with E-state index in [1.54, 1.807) is 7.11 Å². The van der Waals surface area contributed by atoms with Gasteiger partial charge in [-0.3, -0.25) is 0 Å². The first kappa shape index (κ1) is 18.2. The summed E-state index contributed by atoms with van der Waals surface area (Å²) >= 11 is 0. The lowest BCUT2D eigenvalue weighted by molar-refractivity contribution is 0.364. The Bertz CT molecular complexity index is 754. The number of para-hydroxylation sites is 3. The molecule has 1 aliphatic heterocycles. The van der Waals surface area contributed by atoms with Crippen molar-refractivity contribution in [3.63, 3.8) is 0 Å². The normalized spacial score (nSPS) is 16.3. The lowest BCUT2D eigenvalue weighted by atomic mass is 10.1. The van der Waals surface area contributed by atoms with Crippen molar-refractivity contribution < 1.29 is 9.47 Å². The number of rotatable bonds is 8. The van der Waals surface area contributed by atoms with E-state index in [2.05, 4.69) is 34.3 Å². The van der Waals surface area contributed by atoms with Crippen LogP contribution >= 0.6 is 0 Å². The summed E-state index contributed by atoms with van der Waals surface area (Å²) in [5.41, 5.74) is 2.33. The summed E-state index contributed by atoms with van der Waals surface area (Å²) in [5, 5.41) is 3.57. The molecule has 4 nitrogen and oxygen atoms in total. The van der Waals surface area contributed by atoms with Gasteiger partial charge in [0.15, 0.2) is 0 Å². The molecule has 1 unspecified atom stereocenters. The second kappa shape index (κ2) is 9.17. The Morgan fingerprint density at radius 3 is 2.73 bits per heavy atom. The molecule has 26 heavy (non-hydrogen) atoms. The van der Waals surface area contributed by atoms with E-state index in [-0.39, 0.29) is 0 Å². The predicted molar refractivity (Wildman–Crippen MR) is 106 cm³/mol. The monoisotopic (exact) mass is 350 g/mol. The van der Waals surface area contributed by atoms with Crippen LogP contribution in [0.15, 0.2) is 48.5 Å². The standard InChI is InChI=1S/C22H26N2O2/c1-3-14-26-21-10-6-4-8-19(21)16-23-15-18-12-13-24(17-18)20-9-5-7-11-22(20)25-2/h1,4-11,18,23H,12-17H2,2H3. The van der Waals surface area contributed by atoms with Gasteiger partial charge >= 0.3 is 0 Å². The highest BCUT2D eigenvalue weighted by Gasteiger charge is 2.24. The van der Waals surface area contributed by atoms with Gasteiger partial charge in [-0.1, -0.05) is 36.3 Å². The van der Waals surface area contributed by atoms with Crippen molar-refractivity contribution >= 4 is 5.69 Å². The molecule has 0 radical (unpaired) electrons. The Balaban J connectivity index is 1.51. The summed E-state index contributed by atoms with van der Waals surface area (Å²) in [7, 11) is 1.73. The van der Waals surface area contributed by atoms with Gasteiger partial charge in [0, 0.05) is 31.7 Å². The van der Waals surface area contributed by atoms with Crippen LogP contribution < -0.4 is 19.7 Å². The topological polar surface area (TPSA) is 33.7 Å². The van der Waals surface area contributed by atoms with E-state index in [1.165, 1.54) is 12.1 Å². The Morgan fingerprint density at radius 1 is 1.15 bits per heavy atom. The highest BCUT2D eigenvalue weighted by molar-refractivity contribution is 5.59. The van der Waals surface area contributed by atoms with Gasteiger partial charge < -0.3 is 19.7 Å². The summed E-state index contributed by atoms with van der Waals surface area (Å²) in [4.78, 5) is 2.41. The third kappa shape index (κ3) is 4.50. The summed E-state index contributed by atoms with van der Waals surface area (Å²) in [6.45, 7) is 4.17. The van der Waals surface area contributed by atoms with Gasteiger partial charge in [-0.2, -0.15) is 0 Å². The molecule has 2 aromatic carbocycles. The quantitative estimate of drug-likeness (QED) is 0.741. The Hall–Kier alpha value is -2.64. The van der Waals surface area contributed by atoms with Crippen LogP contribution in [0.4, 0.5) is 5.69 Å². The molecule has 0 aliphatic carbocycles. The number of nitrogens with zero attached hydrogens (tertiary/aromatic N) is 1. The number of hydrogen-bond donors (Lipinski definition) is 1. The molecule has 4 heteroatoms. The van der Waals surface area contributed by atoms with Gasteiger partial charge in [0.25, 0.3) is 0 Å². The summed E-state index contributed by atoms with van der Waals surface area (Å²) in [6.07, 6.45) is 6.47. The van der Waals surface area contributed by atoms with Crippen molar-refractivity contribution in [1.82, 2.24) is 5.32 Å². The number of terminal acetylenes is 1. The minimum Gasteiger partial charge on any atom is -0.495 e. The molecule has 0 amide bonds. The molecule has 0 aromatic heterocycles. The summed E-state index contributed by atoms with van der Waals surface area (Å²) in [5.74, 6) is 4.95. The van der Waals surface area contributed by atoms with Gasteiger partial charge in [0.05, 0.1) is 12.8 Å². The third-order valence-corrected chi connectivity index (χ3v) is 4.74. The first-order valence-corrected chi connectivity index (χ1v) is 9.04. The smallest absolute Gasteiger partial charge is 0.148 e. The van der Waals surface area contributed by atoms with Crippen molar-refractivity contribution in [2.24, 2.45) is 5.92 Å². The molecule has 1 saturated heterocycles.